The molecule has 0 aliphatic heterocycles. The van der Waals surface area contributed by atoms with Crippen molar-refractivity contribution in [3.05, 3.63) is 23.8 Å². The highest BCUT2D eigenvalue weighted by atomic mass is 16.5. The fourth-order valence-corrected chi connectivity index (χ4v) is 2.52. The highest BCUT2D eigenvalue weighted by molar-refractivity contribution is 5.81. The van der Waals surface area contributed by atoms with Crippen LogP contribution in [-0.4, -0.2) is 38.1 Å². The van der Waals surface area contributed by atoms with Gasteiger partial charge in [0.15, 0.2) is 11.5 Å². The van der Waals surface area contributed by atoms with E-state index in [0.717, 1.165) is 18.4 Å². The summed E-state index contributed by atoms with van der Waals surface area (Å²) in [5.41, 5.74) is 0.885. The molecule has 0 radical (unpaired) electrons. The summed E-state index contributed by atoms with van der Waals surface area (Å²) in [6.45, 7) is 5.45. The molecule has 1 unspecified atom stereocenters. The molecule has 5 nitrogen and oxygen atoms in total. The van der Waals surface area contributed by atoms with E-state index < -0.39 is 5.92 Å². The van der Waals surface area contributed by atoms with Gasteiger partial charge in [0, 0.05) is 13.1 Å². The molecule has 1 rings (SSSR count). The molecule has 0 saturated heterocycles. The first-order valence-corrected chi connectivity index (χ1v) is 8.00. The van der Waals surface area contributed by atoms with Crippen LogP contribution >= 0.6 is 0 Å². The van der Waals surface area contributed by atoms with Crippen LogP contribution in [0, 0.1) is 17.2 Å². The van der Waals surface area contributed by atoms with Gasteiger partial charge in [-0.15, -0.1) is 0 Å². The van der Waals surface area contributed by atoms with Gasteiger partial charge in [0.2, 0.25) is 5.91 Å². The van der Waals surface area contributed by atoms with Gasteiger partial charge in [0.25, 0.3) is 0 Å². The highest BCUT2D eigenvalue weighted by Crippen LogP contribution is 2.28. The number of methoxy groups -OCH3 is 2. The molecule has 0 saturated carbocycles. The molecular formula is C18H26N2O3. The largest absolute Gasteiger partial charge is 0.493 e. The highest BCUT2D eigenvalue weighted by Gasteiger charge is 2.24. The number of hydrogen-bond donors (Lipinski definition) is 0. The van der Waals surface area contributed by atoms with Crippen LogP contribution in [-0.2, 0) is 11.2 Å². The molecule has 126 valence electrons. The quantitative estimate of drug-likeness (QED) is 0.702. The summed E-state index contributed by atoms with van der Waals surface area (Å²) in [4.78, 5) is 14.4. The van der Waals surface area contributed by atoms with E-state index in [1.54, 1.807) is 25.2 Å². The molecule has 0 aromatic heterocycles. The Balaban J connectivity index is 2.91. The molecule has 1 amide bonds. The number of nitriles is 1. The summed E-state index contributed by atoms with van der Waals surface area (Å²) in [7, 11) is 3.14. The SMILES string of the molecule is CCCN(CCC)C(=O)C(C#N)Cc1ccc(OC)c(OC)c1. The number of nitrogens with zero attached hydrogens (tertiary/aromatic N) is 2. The number of ether oxygens (including phenoxy) is 2. The zero-order chi connectivity index (χ0) is 17.2. The molecule has 0 spiro atoms. The second-order valence-corrected chi connectivity index (χ2v) is 5.40. The lowest BCUT2D eigenvalue weighted by Crippen LogP contribution is -2.37. The van der Waals surface area contributed by atoms with Crippen molar-refractivity contribution in [2.45, 2.75) is 33.1 Å². The molecule has 0 heterocycles. The van der Waals surface area contributed by atoms with E-state index >= 15 is 0 Å². The average molecular weight is 318 g/mol. The molecule has 0 N–H and O–H groups in total. The van der Waals surface area contributed by atoms with Crippen LogP contribution in [0.2, 0.25) is 0 Å². The van der Waals surface area contributed by atoms with Gasteiger partial charge in [-0.25, -0.2) is 0 Å². The van der Waals surface area contributed by atoms with Gasteiger partial charge in [-0.1, -0.05) is 19.9 Å². The Hall–Kier alpha value is -2.22. The molecule has 23 heavy (non-hydrogen) atoms. The molecule has 1 atom stereocenters. The Bertz CT molecular complexity index is 546. The number of benzene rings is 1. The fourth-order valence-electron chi connectivity index (χ4n) is 2.52. The van der Waals surface area contributed by atoms with Crippen LogP contribution in [0.25, 0.3) is 0 Å². The van der Waals surface area contributed by atoms with Crippen molar-refractivity contribution in [2.75, 3.05) is 27.3 Å². The first kappa shape index (κ1) is 18.8. The second-order valence-electron chi connectivity index (χ2n) is 5.40. The smallest absolute Gasteiger partial charge is 0.240 e. The van der Waals surface area contributed by atoms with Crippen LogP contribution in [0.1, 0.15) is 32.3 Å². The topological polar surface area (TPSA) is 62.6 Å². The van der Waals surface area contributed by atoms with E-state index in [2.05, 4.69) is 6.07 Å². The van der Waals surface area contributed by atoms with Crippen molar-refractivity contribution in [1.82, 2.24) is 4.90 Å². The molecule has 0 aliphatic carbocycles. The van der Waals surface area contributed by atoms with Gasteiger partial charge < -0.3 is 14.4 Å². The summed E-state index contributed by atoms with van der Waals surface area (Å²) in [6, 6.07) is 7.63. The Morgan fingerprint density at radius 2 is 1.78 bits per heavy atom. The van der Waals surface area contributed by atoms with Crippen molar-refractivity contribution in [1.29, 1.82) is 5.26 Å². The van der Waals surface area contributed by atoms with Gasteiger partial charge in [-0.2, -0.15) is 5.26 Å². The zero-order valence-electron chi connectivity index (χ0n) is 14.5. The molecule has 0 bridgehead atoms. The van der Waals surface area contributed by atoms with Crippen LogP contribution in [0.5, 0.6) is 11.5 Å². The van der Waals surface area contributed by atoms with Crippen molar-refractivity contribution >= 4 is 5.91 Å². The minimum Gasteiger partial charge on any atom is -0.493 e. The zero-order valence-corrected chi connectivity index (χ0v) is 14.5. The summed E-state index contributed by atoms with van der Waals surface area (Å²) in [5.74, 6) is 0.472. The van der Waals surface area contributed by atoms with Crippen LogP contribution < -0.4 is 9.47 Å². The molecule has 5 heteroatoms. The predicted molar refractivity (Wildman–Crippen MR) is 89.5 cm³/mol. The maximum absolute atomic E-state index is 12.6. The number of carbonyl (C=O) groups is 1. The van der Waals surface area contributed by atoms with E-state index in [-0.39, 0.29) is 5.91 Å². The van der Waals surface area contributed by atoms with Gasteiger partial charge in [-0.3, -0.25) is 4.79 Å². The maximum Gasteiger partial charge on any atom is 0.240 e. The van der Waals surface area contributed by atoms with Gasteiger partial charge in [-0.05, 0) is 37.0 Å². The van der Waals surface area contributed by atoms with Crippen molar-refractivity contribution in [3.8, 4) is 17.6 Å². The van der Waals surface area contributed by atoms with Crippen molar-refractivity contribution < 1.29 is 14.3 Å². The summed E-state index contributed by atoms with van der Waals surface area (Å²) in [5, 5.41) is 9.42. The van der Waals surface area contributed by atoms with Crippen LogP contribution in [0.4, 0.5) is 0 Å². The van der Waals surface area contributed by atoms with E-state index in [0.29, 0.717) is 31.0 Å². The van der Waals surface area contributed by atoms with Gasteiger partial charge in [0.1, 0.15) is 5.92 Å². The predicted octanol–water partition coefficient (Wildman–Crippen LogP) is 3.03. The maximum atomic E-state index is 12.6. The molecular weight excluding hydrogens is 292 g/mol. The van der Waals surface area contributed by atoms with E-state index in [1.807, 2.05) is 26.0 Å². The number of amides is 1. The first-order valence-electron chi connectivity index (χ1n) is 8.00. The Kier molecular flexibility index (Phi) is 7.96. The third kappa shape index (κ3) is 5.17. The summed E-state index contributed by atoms with van der Waals surface area (Å²) >= 11 is 0. The minimum atomic E-state index is -0.675. The standard InChI is InChI=1S/C18H26N2O3/c1-5-9-20(10-6-2)18(21)15(13-19)11-14-7-8-16(22-3)17(12-14)23-4/h7-8,12,15H,5-6,9-11H2,1-4H3. The van der Waals surface area contributed by atoms with Crippen LogP contribution in [0.15, 0.2) is 18.2 Å². The monoisotopic (exact) mass is 318 g/mol. The fraction of sp³-hybridized carbons (Fsp3) is 0.556. The molecule has 0 fully saturated rings. The lowest BCUT2D eigenvalue weighted by atomic mass is 9.98. The van der Waals surface area contributed by atoms with Crippen LogP contribution in [0.3, 0.4) is 0 Å². The van der Waals surface area contributed by atoms with Crippen molar-refractivity contribution in [2.24, 2.45) is 5.92 Å². The Labute approximate surface area is 138 Å². The lowest BCUT2D eigenvalue weighted by Gasteiger charge is -2.24. The second kappa shape index (κ2) is 9.73. The minimum absolute atomic E-state index is 0.0917. The molecule has 1 aromatic rings. The summed E-state index contributed by atoms with van der Waals surface area (Å²) < 4.78 is 10.5. The Morgan fingerprint density at radius 3 is 2.26 bits per heavy atom. The van der Waals surface area contributed by atoms with Crippen molar-refractivity contribution in [3.63, 3.8) is 0 Å². The first-order chi connectivity index (χ1) is 11.1. The number of carbonyl (C=O) groups excluding carboxylic acids is 1. The number of hydrogen-bond acceptors (Lipinski definition) is 4. The normalized spacial score (nSPS) is 11.4. The number of rotatable bonds is 9. The molecule has 1 aromatic carbocycles. The lowest BCUT2D eigenvalue weighted by molar-refractivity contribution is -0.133. The van der Waals surface area contributed by atoms with E-state index in [9.17, 15) is 10.1 Å². The third-order valence-corrected chi connectivity index (χ3v) is 3.64. The van der Waals surface area contributed by atoms with Gasteiger partial charge in [0.05, 0.1) is 20.3 Å². The molecule has 0 aliphatic rings. The third-order valence-electron chi connectivity index (χ3n) is 3.64. The van der Waals surface area contributed by atoms with Gasteiger partial charge >= 0.3 is 0 Å². The summed E-state index contributed by atoms with van der Waals surface area (Å²) in [6.07, 6.45) is 2.15. The Morgan fingerprint density at radius 1 is 1.17 bits per heavy atom. The van der Waals surface area contributed by atoms with E-state index in [1.165, 1.54) is 0 Å². The van der Waals surface area contributed by atoms with E-state index in [4.69, 9.17) is 9.47 Å². The average Bonchev–Trinajstić information content (AvgIpc) is 2.58.